The lowest BCUT2D eigenvalue weighted by molar-refractivity contribution is -0.133. The van der Waals surface area contributed by atoms with Crippen molar-refractivity contribution in [3.05, 3.63) is 66.7 Å². The molecule has 0 saturated heterocycles. The summed E-state index contributed by atoms with van der Waals surface area (Å²) in [5.41, 5.74) is 2.07. The van der Waals surface area contributed by atoms with Gasteiger partial charge in [0, 0.05) is 25.0 Å². The molecule has 0 spiro atoms. The second-order valence-corrected chi connectivity index (χ2v) is 9.99. The third-order valence-electron chi connectivity index (χ3n) is 5.09. The van der Waals surface area contributed by atoms with Gasteiger partial charge >= 0.3 is 0 Å². The van der Waals surface area contributed by atoms with Crippen LogP contribution in [-0.2, 0) is 9.53 Å². The summed E-state index contributed by atoms with van der Waals surface area (Å²) in [6.45, 7) is 2.73. The molecule has 0 radical (unpaired) electrons. The third kappa shape index (κ3) is 4.79. The molecule has 1 aliphatic rings. The number of hydrazone groups is 1. The van der Waals surface area contributed by atoms with Gasteiger partial charge in [0.05, 0.1) is 28.1 Å². The second-order valence-electron chi connectivity index (χ2n) is 7.15. The molecule has 6 nitrogen and oxygen atoms in total. The van der Waals surface area contributed by atoms with Crippen LogP contribution in [0.1, 0.15) is 37.5 Å². The number of carbonyl (C=O) groups is 2. The minimum Gasteiger partial charge on any atom is -0.383 e. The molecule has 3 aromatic rings. The van der Waals surface area contributed by atoms with Gasteiger partial charge in [-0.1, -0.05) is 12.1 Å². The van der Waals surface area contributed by atoms with E-state index in [0.717, 1.165) is 21.0 Å². The standard InChI is InChI=1S/C22H23N3O3S3/c1-15-7-12-31-21(15)17-13-16(18-5-3-10-29-18)23-25(17)20(26)14-24(8-9-28-2)22(27)19-6-4-11-30-19/h3-7,10-12,17H,8-9,13-14H2,1-2H3. The number of hydrogen-bond acceptors (Lipinski definition) is 7. The van der Waals surface area contributed by atoms with E-state index in [1.807, 2.05) is 34.3 Å². The molecule has 3 aromatic heterocycles. The predicted octanol–water partition coefficient (Wildman–Crippen LogP) is 4.65. The normalized spacial score (nSPS) is 15.9. The molecule has 0 aliphatic carbocycles. The van der Waals surface area contributed by atoms with Gasteiger partial charge in [0.1, 0.15) is 6.54 Å². The van der Waals surface area contributed by atoms with Crippen LogP contribution in [-0.4, -0.2) is 54.2 Å². The minimum atomic E-state index is -0.189. The maximum Gasteiger partial charge on any atom is 0.264 e. The molecule has 9 heteroatoms. The SMILES string of the molecule is COCCN(CC(=O)N1N=C(c2cccs2)CC1c1sccc1C)C(=O)c1cccs1. The monoisotopic (exact) mass is 473 g/mol. The van der Waals surface area contributed by atoms with Crippen molar-refractivity contribution in [2.24, 2.45) is 5.10 Å². The second kappa shape index (κ2) is 9.86. The van der Waals surface area contributed by atoms with Crippen LogP contribution in [0.4, 0.5) is 0 Å². The summed E-state index contributed by atoms with van der Waals surface area (Å²) in [6, 6.07) is 9.55. The minimum absolute atomic E-state index is 0.0394. The highest BCUT2D eigenvalue weighted by Crippen LogP contribution is 2.38. The molecule has 1 aliphatic heterocycles. The smallest absolute Gasteiger partial charge is 0.264 e. The van der Waals surface area contributed by atoms with Gasteiger partial charge in [-0.3, -0.25) is 9.59 Å². The van der Waals surface area contributed by atoms with Crippen LogP contribution in [0.25, 0.3) is 0 Å². The van der Waals surface area contributed by atoms with Crippen LogP contribution in [0.5, 0.6) is 0 Å². The number of rotatable bonds is 8. The van der Waals surface area contributed by atoms with Crippen LogP contribution in [0.15, 0.2) is 51.6 Å². The molecule has 0 N–H and O–H groups in total. The Bertz CT molecular complexity index is 1060. The van der Waals surface area contributed by atoms with E-state index < -0.39 is 0 Å². The highest BCUT2D eigenvalue weighted by atomic mass is 32.1. The van der Waals surface area contributed by atoms with Gasteiger partial charge in [-0.25, -0.2) is 5.01 Å². The van der Waals surface area contributed by atoms with Gasteiger partial charge in [-0.15, -0.1) is 34.0 Å². The van der Waals surface area contributed by atoms with Gasteiger partial charge in [-0.05, 0) is 46.8 Å². The maximum absolute atomic E-state index is 13.4. The number of ether oxygens (including phenoxy) is 1. The van der Waals surface area contributed by atoms with Crippen molar-refractivity contribution in [1.29, 1.82) is 0 Å². The Morgan fingerprint density at radius 1 is 1.16 bits per heavy atom. The van der Waals surface area contributed by atoms with E-state index in [-0.39, 0.29) is 24.4 Å². The van der Waals surface area contributed by atoms with Crippen molar-refractivity contribution in [2.45, 2.75) is 19.4 Å². The van der Waals surface area contributed by atoms with Crippen LogP contribution in [0.2, 0.25) is 0 Å². The Kier molecular flexibility index (Phi) is 6.96. The molecule has 1 unspecified atom stereocenters. The molecule has 31 heavy (non-hydrogen) atoms. The molecule has 1 atom stereocenters. The summed E-state index contributed by atoms with van der Waals surface area (Å²) in [5.74, 6) is -0.351. The van der Waals surface area contributed by atoms with E-state index in [1.54, 1.807) is 45.8 Å². The van der Waals surface area contributed by atoms with Crippen LogP contribution < -0.4 is 0 Å². The number of hydrogen-bond donors (Lipinski definition) is 0. The van der Waals surface area contributed by atoms with Crippen molar-refractivity contribution in [3.8, 4) is 0 Å². The fourth-order valence-electron chi connectivity index (χ4n) is 3.51. The molecular formula is C22H23N3O3S3. The van der Waals surface area contributed by atoms with E-state index >= 15 is 0 Å². The van der Waals surface area contributed by atoms with Crippen molar-refractivity contribution in [2.75, 3.05) is 26.8 Å². The van der Waals surface area contributed by atoms with Crippen LogP contribution in [0.3, 0.4) is 0 Å². The van der Waals surface area contributed by atoms with Crippen LogP contribution in [0, 0.1) is 6.92 Å². The number of thiophene rings is 3. The number of amides is 2. The number of methoxy groups -OCH3 is 1. The summed E-state index contributed by atoms with van der Waals surface area (Å²) < 4.78 is 5.17. The zero-order valence-corrected chi connectivity index (χ0v) is 19.8. The largest absolute Gasteiger partial charge is 0.383 e. The Morgan fingerprint density at radius 3 is 2.61 bits per heavy atom. The third-order valence-corrected chi connectivity index (χ3v) is 7.98. The summed E-state index contributed by atoms with van der Waals surface area (Å²) in [7, 11) is 1.59. The van der Waals surface area contributed by atoms with Gasteiger partial charge in [0.2, 0.25) is 0 Å². The summed E-state index contributed by atoms with van der Waals surface area (Å²) >= 11 is 4.63. The molecule has 2 amide bonds. The predicted molar refractivity (Wildman–Crippen MR) is 126 cm³/mol. The fourth-order valence-corrected chi connectivity index (χ4v) is 5.93. The average molecular weight is 474 g/mol. The van der Waals surface area contributed by atoms with Crippen molar-refractivity contribution >= 4 is 51.5 Å². The molecule has 162 valence electrons. The highest BCUT2D eigenvalue weighted by Gasteiger charge is 2.36. The highest BCUT2D eigenvalue weighted by molar-refractivity contribution is 7.12. The zero-order valence-electron chi connectivity index (χ0n) is 17.3. The van der Waals surface area contributed by atoms with E-state index in [9.17, 15) is 9.59 Å². The lowest BCUT2D eigenvalue weighted by Gasteiger charge is -2.26. The summed E-state index contributed by atoms with van der Waals surface area (Å²) in [6.07, 6.45) is 0.671. The van der Waals surface area contributed by atoms with E-state index in [4.69, 9.17) is 9.84 Å². The molecule has 0 fully saturated rings. The lowest BCUT2D eigenvalue weighted by Crippen LogP contribution is -2.42. The van der Waals surface area contributed by atoms with Gasteiger partial charge in [-0.2, -0.15) is 5.10 Å². The Hall–Kier alpha value is -2.33. The molecule has 4 rings (SSSR count). The van der Waals surface area contributed by atoms with E-state index in [0.29, 0.717) is 24.4 Å². The maximum atomic E-state index is 13.4. The number of carbonyl (C=O) groups excluding carboxylic acids is 2. The molecule has 0 bridgehead atoms. The van der Waals surface area contributed by atoms with Crippen molar-refractivity contribution in [1.82, 2.24) is 9.91 Å². The number of nitrogens with zero attached hydrogens (tertiary/aromatic N) is 3. The molecular weight excluding hydrogens is 450 g/mol. The zero-order chi connectivity index (χ0) is 21.8. The quantitative estimate of drug-likeness (QED) is 0.479. The van der Waals surface area contributed by atoms with E-state index in [2.05, 4.69) is 13.0 Å². The van der Waals surface area contributed by atoms with Gasteiger partial charge in [0.15, 0.2) is 0 Å². The lowest BCUT2D eigenvalue weighted by atomic mass is 10.1. The Balaban J connectivity index is 1.59. The fraction of sp³-hybridized carbons (Fsp3) is 0.318. The average Bonchev–Trinajstić information content (AvgIpc) is 3.55. The first kappa shape index (κ1) is 21.9. The van der Waals surface area contributed by atoms with Gasteiger partial charge < -0.3 is 9.64 Å². The molecule has 0 aromatic carbocycles. The van der Waals surface area contributed by atoms with Gasteiger partial charge in [0.25, 0.3) is 11.8 Å². The number of aryl methyl sites for hydroxylation is 1. The van der Waals surface area contributed by atoms with Crippen molar-refractivity contribution < 1.29 is 14.3 Å². The van der Waals surface area contributed by atoms with E-state index in [1.165, 1.54) is 11.3 Å². The van der Waals surface area contributed by atoms with Crippen LogP contribution >= 0.6 is 34.0 Å². The Labute approximate surface area is 193 Å². The summed E-state index contributed by atoms with van der Waals surface area (Å²) in [4.78, 5) is 30.7. The van der Waals surface area contributed by atoms with Crippen molar-refractivity contribution in [3.63, 3.8) is 0 Å². The first-order valence-electron chi connectivity index (χ1n) is 9.87. The molecule has 4 heterocycles. The Morgan fingerprint density at radius 2 is 1.97 bits per heavy atom. The molecule has 0 saturated carbocycles. The first-order valence-corrected chi connectivity index (χ1v) is 12.5. The summed E-state index contributed by atoms with van der Waals surface area (Å²) in [5, 5.41) is 12.2. The first-order chi connectivity index (χ1) is 15.1. The topological polar surface area (TPSA) is 62.2 Å².